The first-order valence-electron chi connectivity index (χ1n) is 9.87. The first kappa shape index (κ1) is 21.2. The number of carbonyl (C=O) groups excluding carboxylic acids is 2. The van der Waals surface area contributed by atoms with Crippen LogP contribution in [0.3, 0.4) is 0 Å². The first-order chi connectivity index (χ1) is 14.0. The number of nitrogens with zero attached hydrogens (tertiary/aromatic N) is 4. The van der Waals surface area contributed by atoms with Crippen LogP contribution in [-0.4, -0.2) is 52.1 Å². The van der Waals surface area contributed by atoms with Gasteiger partial charge in [-0.05, 0) is 37.3 Å². The van der Waals surface area contributed by atoms with Crippen molar-refractivity contribution in [2.75, 3.05) is 30.3 Å². The molecule has 1 saturated heterocycles. The lowest BCUT2D eigenvalue weighted by Crippen LogP contribution is -2.40. The molecule has 3 heterocycles. The van der Waals surface area contributed by atoms with E-state index in [2.05, 4.69) is 39.6 Å². The zero-order valence-electron chi connectivity index (χ0n) is 17.1. The van der Waals surface area contributed by atoms with Gasteiger partial charge in [-0.2, -0.15) is 0 Å². The van der Waals surface area contributed by atoms with Crippen molar-refractivity contribution in [3.8, 4) is 0 Å². The van der Waals surface area contributed by atoms with Crippen molar-refractivity contribution < 1.29 is 14.0 Å². The van der Waals surface area contributed by atoms with Crippen molar-refractivity contribution in [2.24, 2.45) is 11.8 Å². The average molecular weight is 421 g/mol. The zero-order chi connectivity index (χ0) is 20.8. The number of thioether (sulfide) groups is 1. The summed E-state index contributed by atoms with van der Waals surface area (Å²) in [6.45, 7) is 9.06. The van der Waals surface area contributed by atoms with E-state index in [1.165, 1.54) is 18.2 Å². The van der Waals surface area contributed by atoms with Gasteiger partial charge in [0.25, 0.3) is 0 Å². The van der Waals surface area contributed by atoms with Gasteiger partial charge in [0.2, 0.25) is 11.9 Å². The van der Waals surface area contributed by atoms with Gasteiger partial charge in [-0.25, -0.2) is 4.79 Å². The summed E-state index contributed by atoms with van der Waals surface area (Å²) in [5, 5.41) is 14.2. The number of nitrogens with one attached hydrogen (secondary N) is 2. The number of aromatic nitrogens is 3. The minimum atomic E-state index is -0.493. The highest BCUT2D eigenvalue weighted by molar-refractivity contribution is 7.99. The van der Waals surface area contributed by atoms with Gasteiger partial charge < -0.3 is 14.6 Å². The van der Waals surface area contributed by atoms with Gasteiger partial charge >= 0.3 is 6.03 Å². The Balaban J connectivity index is 1.75. The van der Waals surface area contributed by atoms with E-state index in [-0.39, 0.29) is 11.7 Å². The molecule has 2 aromatic heterocycles. The number of rotatable bonds is 7. The van der Waals surface area contributed by atoms with E-state index in [1.807, 2.05) is 16.7 Å². The fourth-order valence-electron chi connectivity index (χ4n) is 3.64. The summed E-state index contributed by atoms with van der Waals surface area (Å²) >= 11 is 1.25. The van der Waals surface area contributed by atoms with Crippen LogP contribution in [0, 0.1) is 11.8 Å². The predicted octanol–water partition coefficient (Wildman–Crippen LogP) is 2.34. The van der Waals surface area contributed by atoms with Gasteiger partial charge in [0.1, 0.15) is 5.76 Å². The van der Waals surface area contributed by atoms with Gasteiger partial charge in [0, 0.05) is 19.6 Å². The Labute approximate surface area is 174 Å². The molecular formula is C19H28N6O3S. The van der Waals surface area contributed by atoms with Crippen LogP contribution in [0.1, 0.15) is 33.0 Å². The Morgan fingerprint density at radius 3 is 2.69 bits per heavy atom. The lowest BCUT2D eigenvalue weighted by Gasteiger charge is -2.35. The highest BCUT2D eigenvalue weighted by atomic mass is 32.2. The number of hydrogen-bond acceptors (Lipinski definition) is 7. The Morgan fingerprint density at radius 2 is 2.03 bits per heavy atom. The van der Waals surface area contributed by atoms with Crippen LogP contribution in [0.5, 0.6) is 0 Å². The highest BCUT2D eigenvalue weighted by Crippen LogP contribution is 2.28. The standard InChI is InChI=1S/C19H28N6O3S/c1-4-20-17(27)21-16(26)12-29-19-23-22-18(24-9-13(2)8-14(3)10-24)25(19)11-15-6-5-7-28-15/h5-7,13-14H,4,8-12H2,1-3H3,(H2,20,21,26,27)/t13-,14-/m1/s1. The van der Waals surface area contributed by atoms with Crippen molar-refractivity contribution in [1.82, 2.24) is 25.4 Å². The van der Waals surface area contributed by atoms with Crippen molar-refractivity contribution in [3.63, 3.8) is 0 Å². The summed E-state index contributed by atoms with van der Waals surface area (Å²) in [6.07, 6.45) is 2.83. The number of urea groups is 1. The number of amides is 3. The van der Waals surface area contributed by atoms with Crippen LogP contribution in [0.2, 0.25) is 0 Å². The largest absolute Gasteiger partial charge is 0.467 e. The van der Waals surface area contributed by atoms with Crippen molar-refractivity contribution >= 4 is 29.6 Å². The highest BCUT2D eigenvalue weighted by Gasteiger charge is 2.27. The van der Waals surface area contributed by atoms with Crippen LogP contribution >= 0.6 is 11.8 Å². The van der Waals surface area contributed by atoms with Crippen LogP contribution in [0.4, 0.5) is 10.7 Å². The minimum absolute atomic E-state index is 0.0697. The fraction of sp³-hybridized carbons (Fsp3) is 0.579. The maximum Gasteiger partial charge on any atom is 0.321 e. The molecule has 10 heteroatoms. The topological polar surface area (TPSA) is 105 Å². The molecule has 9 nitrogen and oxygen atoms in total. The number of imide groups is 1. The van der Waals surface area contributed by atoms with Gasteiger partial charge in [-0.15, -0.1) is 10.2 Å². The molecule has 29 heavy (non-hydrogen) atoms. The maximum atomic E-state index is 12.0. The second-order valence-electron chi connectivity index (χ2n) is 7.50. The molecule has 1 aliphatic heterocycles. The zero-order valence-corrected chi connectivity index (χ0v) is 17.9. The maximum absolute atomic E-state index is 12.0. The molecule has 0 aliphatic carbocycles. The summed E-state index contributed by atoms with van der Waals surface area (Å²) < 4.78 is 7.49. The third-order valence-electron chi connectivity index (χ3n) is 4.67. The monoisotopic (exact) mass is 420 g/mol. The molecule has 0 saturated carbocycles. The van der Waals surface area contributed by atoms with E-state index < -0.39 is 6.03 Å². The van der Waals surface area contributed by atoms with E-state index in [4.69, 9.17) is 4.42 Å². The third kappa shape index (κ3) is 5.75. The van der Waals surface area contributed by atoms with Crippen molar-refractivity contribution in [2.45, 2.75) is 38.9 Å². The number of hydrogen-bond donors (Lipinski definition) is 2. The van der Waals surface area contributed by atoms with E-state index in [0.29, 0.717) is 30.1 Å². The van der Waals surface area contributed by atoms with Crippen LogP contribution in [0.15, 0.2) is 28.0 Å². The quantitative estimate of drug-likeness (QED) is 0.662. The van der Waals surface area contributed by atoms with Crippen LogP contribution < -0.4 is 15.5 Å². The molecule has 0 aromatic carbocycles. The molecule has 2 atom stereocenters. The predicted molar refractivity (Wildman–Crippen MR) is 111 cm³/mol. The molecular weight excluding hydrogens is 392 g/mol. The number of carbonyl (C=O) groups is 2. The Hall–Kier alpha value is -2.49. The molecule has 1 fully saturated rings. The minimum Gasteiger partial charge on any atom is -0.467 e. The average Bonchev–Trinajstić information content (AvgIpc) is 3.30. The Morgan fingerprint density at radius 1 is 1.28 bits per heavy atom. The van der Waals surface area contributed by atoms with E-state index >= 15 is 0 Å². The summed E-state index contributed by atoms with van der Waals surface area (Å²) in [4.78, 5) is 25.8. The lowest BCUT2D eigenvalue weighted by molar-refractivity contribution is -0.117. The molecule has 0 spiro atoms. The molecule has 3 rings (SSSR count). The molecule has 3 amide bonds. The van der Waals surface area contributed by atoms with Crippen LogP contribution in [-0.2, 0) is 11.3 Å². The van der Waals surface area contributed by atoms with Crippen molar-refractivity contribution in [1.29, 1.82) is 0 Å². The summed E-state index contributed by atoms with van der Waals surface area (Å²) in [6, 6.07) is 3.26. The van der Waals surface area contributed by atoms with Gasteiger partial charge in [0.15, 0.2) is 5.16 Å². The van der Waals surface area contributed by atoms with Crippen LogP contribution in [0.25, 0.3) is 0 Å². The Bertz CT molecular complexity index is 812. The number of anilines is 1. The van der Waals surface area contributed by atoms with Gasteiger partial charge in [-0.3, -0.25) is 14.7 Å². The summed E-state index contributed by atoms with van der Waals surface area (Å²) in [7, 11) is 0. The SMILES string of the molecule is CCNC(=O)NC(=O)CSc1nnc(N2C[C@H](C)C[C@@H](C)C2)n1Cc1ccco1. The lowest BCUT2D eigenvalue weighted by atomic mass is 9.92. The van der Waals surface area contributed by atoms with E-state index in [9.17, 15) is 9.59 Å². The van der Waals surface area contributed by atoms with Crippen molar-refractivity contribution in [3.05, 3.63) is 24.2 Å². The normalized spacial score (nSPS) is 19.2. The number of furan rings is 1. The molecule has 2 aromatic rings. The van der Waals surface area contributed by atoms with Gasteiger partial charge in [-0.1, -0.05) is 25.6 Å². The number of piperidine rings is 1. The molecule has 158 valence electrons. The van der Waals surface area contributed by atoms with E-state index in [1.54, 1.807) is 13.2 Å². The summed E-state index contributed by atoms with van der Waals surface area (Å²) in [5.41, 5.74) is 0. The third-order valence-corrected chi connectivity index (χ3v) is 5.63. The van der Waals surface area contributed by atoms with Gasteiger partial charge in [0.05, 0.1) is 18.6 Å². The first-order valence-corrected chi connectivity index (χ1v) is 10.9. The molecule has 0 radical (unpaired) electrons. The molecule has 2 N–H and O–H groups in total. The smallest absolute Gasteiger partial charge is 0.321 e. The second-order valence-corrected chi connectivity index (χ2v) is 8.44. The molecule has 0 unspecified atom stereocenters. The molecule has 1 aliphatic rings. The fourth-order valence-corrected chi connectivity index (χ4v) is 4.38. The summed E-state index contributed by atoms with van der Waals surface area (Å²) in [5.74, 6) is 2.41. The Kier molecular flexibility index (Phi) is 7.18. The molecule has 0 bridgehead atoms. The van der Waals surface area contributed by atoms with E-state index in [0.717, 1.165) is 24.8 Å². The second kappa shape index (κ2) is 9.82.